The summed E-state index contributed by atoms with van der Waals surface area (Å²) in [6.07, 6.45) is 2.91. The minimum atomic E-state index is -0.468. The van der Waals surface area contributed by atoms with E-state index >= 15 is 0 Å². The van der Waals surface area contributed by atoms with Crippen molar-refractivity contribution in [1.82, 2.24) is 10.3 Å². The van der Waals surface area contributed by atoms with Gasteiger partial charge in [-0.3, -0.25) is 9.78 Å². The van der Waals surface area contributed by atoms with Crippen molar-refractivity contribution in [2.24, 2.45) is 0 Å². The Morgan fingerprint density at radius 2 is 2.05 bits per heavy atom. The van der Waals surface area contributed by atoms with Crippen LogP contribution in [0.2, 0.25) is 5.02 Å². The quantitative estimate of drug-likeness (QED) is 0.900. The third-order valence-electron chi connectivity index (χ3n) is 2.70. The Labute approximate surface area is 116 Å². The van der Waals surface area contributed by atoms with Gasteiger partial charge in [-0.1, -0.05) is 41.9 Å². The highest BCUT2D eigenvalue weighted by Gasteiger charge is 2.16. The lowest BCUT2D eigenvalue weighted by atomic mass is 10.1. The van der Waals surface area contributed by atoms with E-state index in [2.05, 4.69) is 10.3 Å². The third kappa shape index (κ3) is 3.30. The molecule has 2 N–H and O–H groups in total. The maximum Gasteiger partial charge on any atom is 0.254 e. The molecule has 2 aromatic rings. The molecule has 0 aliphatic carbocycles. The summed E-state index contributed by atoms with van der Waals surface area (Å²) in [7, 11) is 0. The third-order valence-corrected chi connectivity index (χ3v) is 3.03. The van der Waals surface area contributed by atoms with E-state index in [9.17, 15) is 9.90 Å². The lowest BCUT2D eigenvalue weighted by Crippen LogP contribution is -2.31. The van der Waals surface area contributed by atoms with Crippen molar-refractivity contribution in [3.05, 3.63) is 64.9 Å². The zero-order valence-corrected chi connectivity index (χ0v) is 10.8. The van der Waals surface area contributed by atoms with Gasteiger partial charge >= 0.3 is 0 Å². The minimum absolute atomic E-state index is 0.187. The number of carbonyl (C=O) groups excluding carboxylic acids is 1. The number of rotatable bonds is 4. The van der Waals surface area contributed by atoms with Crippen LogP contribution >= 0.6 is 11.6 Å². The summed E-state index contributed by atoms with van der Waals surface area (Å²) in [4.78, 5) is 15.9. The molecule has 0 fully saturated rings. The standard InChI is InChI=1S/C14H13ClN2O2/c15-12-6-7-16-8-11(12)14(19)17-13(9-18)10-4-2-1-3-5-10/h1-8,13,18H,9H2,(H,17,19)/t13-/m0/s1. The molecule has 0 spiro atoms. The summed E-state index contributed by atoms with van der Waals surface area (Å²) in [5.74, 6) is -0.360. The molecule has 0 bridgehead atoms. The molecule has 1 heterocycles. The van der Waals surface area contributed by atoms with Crippen LogP contribution in [0.15, 0.2) is 48.8 Å². The van der Waals surface area contributed by atoms with Gasteiger partial charge in [-0.05, 0) is 11.6 Å². The monoisotopic (exact) mass is 276 g/mol. The highest BCUT2D eigenvalue weighted by Crippen LogP contribution is 2.16. The topological polar surface area (TPSA) is 62.2 Å². The van der Waals surface area contributed by atoms with Crippen molar-refractivity contribution >= 4 is 17.5 Å². The first-order valence-electron chi connectivity index (χ1n) is 5.78. The fourth-order valence-electron chi connectivity index (χ4n) is 1.70. The molecule has 0 aliphatic heterocycles. The van der Waals surface area contributed by atoms with Gasteiger partial charge in [-0.25, -0.2) is 0 Å². The Bertz CT molecular complexity index is 560. The van der Waals surface area contributed by atoms with Gasteiger partial charge in [0.1, 0.15) is 0 Å². The molecule has 4 nitrogen and oxygen atoms in total. The van der Waals surface area contributed by atoms with Gasteiger partial charge in [0.05, 0.1) is 23.2 Å². The molecule has 0 saturated carbocycles. The van der Waals surface area contributed by atoms with Crippen LogP contribution in [0.3, 0.4) is 0 Å². The Hall–Kier alpha value is -1.91. The number of nitrogens with zero attached hydrogens (tertiary/aromatic N) is 1. The van der Waals surface area contributed by atoms with Gasteiger partial charge in [0.15, 0.2) is 0 Å². The highest BCUT2D eigenvalue weighted by atomic mass is 35.5. The van der Waals surface area contributed by atoms with Crippen LogP contribution < -0.4 is 5.32 Å². The second-order valence-electron chi connectivity index (χ2n) is 3.97. The molecule has 0 saturated heterocycles. The molecule has 5 heteroatoms. The summed E-state index contributed by atoms with van der Waals surface area (Å²) in [5.41, 5.74) is 1.12. The fourth-order valence-corrected chi connectivity index (χ4v) is 1.89. The number of aliphatic hydroxyl groups is 1. The molecule has 0 aliphatic rings. The molecule has 0 unspecified atom stereocenters. The van der Waals surface area contributed by atoms with Crippen LogP contribution in [0.5, 0.6) is 0 Å². The molecule has 1 aromatic heterocycles. The zero-order chi connectivity index (χ0) is 13.7. The second kappa shape index (κ2) is 6.31. The summed E-state index contributed by atoms with van der Waals surface area (Å²) in [5, 5.41) is 12.4. The SMILES string of the molecule is O=C(N[C@@H](CO)c1ccccc1)c1cnccc1Cl. The summed E-state index contributed by atoms with van der Waals surface area (Å²) in [6, 6.07) is 10.3. The first kappa shape index (κ1) is 13.5. The molecule has 1 atom stereocenters. The average Bonchev–Trinajstić information content (AvgIpc) is 2.46. The van der Waals surface area contributed by atoms with Crippen LogP contribution in [0.25, 0.3) is 0 Å². The van der Waals surface area contributed by atoms with Gasteiger partial charge in [-0.2, -0.15) is 0 Å². The number of hydrogen-bond acceptors (Lipinski definition) is 3. The molecule has 1 aromatic carbocycles. The maximum atomic E-state index is 12.1. The number of carbonyl (C=O) groups is 1. The van der Waals surface area contributed by atoms with Crippen LogP contribution in [0.4, 0.5) is 0 Å². The minimum Gasteiger partial charge on any atom is -0.394 e. The fraction of sp³-hybridized carbons (Fsp3) is 0.143. The lowest BCUT2D eigenvalue weighted by Gasteiger charge is -2.16. The Morgan fingerprint density at radius 1 is 1.32 bits per heavy atom. The van der Waals surface area contributed by atoms with E-state index in [4.69, 9.17) is 11.6 Å². The van der Waals surface area contributed by atoms with Crippen LogP contribution in [0.1, 0.15) is 22.0 Å². The van der Waals surface area contributed by atoms with Gasteiger partial charge in [0.2, 0.25) is 0 Å². The van der Waals surface area contributed by atoms with E-state index in [1.165, 1.54) is 12.4 Å². The number of benzene rings is 1. The predicted molar refractivity (Wildman–Crippen MR) is 73.0 cm³/mol. The van der Waals surface area contributed by atoms with Crippen molar-refractivity contribution in [2.75, 3.05) is 6.61 Å². The number of aliphatic hydroxyl groups excluding tert-OH is 1. The van der Waals surface area contributed by atoms with E-state index in [1.54, 1.807) is 6.07 Å². The highest BCUT2D eigenvalue weighted by molar-refractivity contribution is 6.33. The number of pyridine rings is 1. The largest absolute Gasteiger partial charge is 0.394 e. The van der Waals surface area contributed by atoms with E-state index in [0.717, 1.165) is 5.56 Å². The molecule has 1 amide bonds. The number of hydrogen-bond donors (Lipinski definition) is 2. The summed E-state index contributed by atoms with van der Waals surface area (Å²) in [6.45, 7) is -0.187. The number of aromatic nitrogens is 1. The summed E-state index contributed by atoms with van der Waals surface area (Å²) >= 11 is 5.93. The van der Waals surface area contributed by atoms with E-state index in [0.29, 0.717) is 10.6 Å². The van der Waals surface area contributed by atoms with Crippen molar-refractivity contribution in [3.8, 4) is 0 Å². The molecule has 2 rings (SSSR count). The normalized spacial score (nSPS) is 11.9. The Balaban J connectivity index is 2.16. The smallest absolute Gasteiger partial charge is 0.254 e. The molecule has 19 heavy (non-hydrogen) atoms. The number of amides is 1. The first-order valence-corrected chi connectivity index (χ1v) is 6.16. The van der Waals surface area contributed by atoms with Crippen molar-refractivity contribution < 1.29 is 9.90 Å². The first-order chi connectivity index (χ1) is 9.22. The van der Waals surface area contributed by atoms with Crippen molar-refractivity contribution in [1.29, 1.82) is 0 Å². The lowest BCUT2D eigenvalue weighted by molar-refractivity contribution is 0.0916. The Morgan fingerprint density at radius 3 is 2.68 bits per heavy atom. The van der Waals surface area contributed by atoms with Crippen molar-refractivity contribution in [2.45, 2.75) is 6.04 Å². The van der Waals surface area contributed by atoms with Crippen LogP contribution in [-0.4, -0.2) is 22.6 Å². The predicted octanol–water partition coefficient (Wildman–Crippen LogP) is 2.20. The van der Waals surface area contributed by atoms with Crippen molar-refractivity contribution in [3.63, 3.8) is 0 Å². The van der Waals surface area contributed by atoms with Gasteiger partial charge in [0.25, 0.3) is 5.91 Å². The molecule has 98 valence electrons. The number of nitrogens with one attached hydrogen (secondary N) is 1. The Kier molecular flexibility index (Phi) is 4.49. The maximum absolute atomic E-state index is 12.1. The molecular formula is C14H13ClN2O2. The van der Waals surface area contributed by atoms with Gasteiger partial charge in [0, 0.05) is 12.4 Å². The number of halogens is 1. The van der Waals surface area contributed by atoms with E-state index < -0.39 is 6.04 Å². The van der Waals surface area contributed by atoms with E-state index in [1.807, 2.05) is 30.3 Å². The molecular weight excluding hydrogens is 264 g/mol. The van der Waals surface area contributed by atoms with Crippen LogP contribution in [0, 0.1) is 0 Å². The summed E-state index contributed by atoms with van der Waals surface area (Å²) < 4.78 is 0. The average molecular weight is 277 g/mol. The zero-order valence-electron chi connectivity index (χ0n) is 10.1. The van der Waals surface area contributed by atoms with Gasteiger partial charge in [-0.15, -0.1) is 0 Å². The van der Waals surface area contributed by atoms with Crippen LogP contribution in [-0.2, 0) is 0 Å². The van der Waals surface area contributed by atoms with Gasteiger partial charge < -0.3 is 10.4 Å². The van der Waals surface area contributed by atoms with E-state index in [-0.39, 0.29) is 12.5 Å². The molecule has 0 radical (unpaired) electrons. The second-order valence-corrected chi connectivity index (χ2v) is 4.38.